The molecule has 1 aliphatic heterocycles. The zero-order valence-electron chi connectivity index (χ0n) is 17.5. The third kappa shape index (κ3) is 5.48. The van der Waals surface area contributed by atoms with Gasteiger partial charge in [-0.15, -0.1) is 0 Å². The summed E-state index contributed by atoms with van der Waals surface area (Å²) in [7, 11) is 0. The first-order valence-electron chi connectivity index (χ1n) is 11.1. The molecule has 1 aromatic rings. The van der Waals surface area contributed by atoms with Crippen molar-refractivity contribution in [1.82, 2.24) is 4.90 Å². The SMILES string of the molecule is CCOC1(C(=O)Nc2ccc(OCCCN3CCCCC3C)cc2)CCCC1. The lowest BCUT2D eigenvalue weighted by Crippen LogP contribution is -2.43. The highest BCUT2D eigenvalue weighted by atomic mass is 16.5. The first-order valence-corrected chi connectivity index (χ1v) is 11.1. The minimum atomic E-state index is -0.643. The Morgan fingerprint density at radius 3 is 2.61 bits per heavy atom. The second-order valence-electron chi connectivity index (χ2n) is 8.20. The van der Waals surface area contributed by atoms with Crippen LogP contribution in [-0.4, -0.2) is 48.8 Å². The Bertz CT molecular complexity index is 611. The second kappa shape index (κ2) is 10.3. The number of carbonyl (C=O) groups is 1. The van der Waals surface area contributed by atoms with E-state index in [0.29, 0.717) is 12.6 Å². The molecule has 156 valence electrons. The number of hydrogen-bond donors (Lipinski definition) is 1. The molecular formula is C23H36N2O3. The molecule has 0 radical (unpaired) electrons. The van der Waals surface area contributed by atoms with Gasteiger partial charge >= 0.3 is 0 Å². The van der Waals surface area contributed by atoms with E-state index >= 15 is 0 Å². The van der Waals surface area contributed by atoms with Crippen LogP contribution in [0.2, 0.25) is 0 Å². The van der Waals surface area contributed by atoms with Crippen molar-refractivity contribution in [2.24, 2.45) is 0 Å². The van der Waals surface area contributed by atoms with Crippen LogP contribution in [0.1, 0.15) is 65.2 Å². The number of benzene rings is 1. The van der Waals surface area contributed by atoms with E-state index in [1.807, 2.05) is 31.2 Å². The molecule has 1 amide bonds. The zero-order chi connectivity index (χ0) is 19.8. The standard InChI is InChI=1S/C23H36N2O3/c1-3-28-23(14-5-6-15-23)22(26)24-20-10-12-21(13-11-20)27-18-8-17-25-16-7-4-9-19(25)2/h10-13,19H,3-9,14-18H2,1-2H3,(H,24,26). The summed E-state index contributed by atoms with van der Waals surface area (Å²) in [6.45, 7) is 7.89. The van der Waals surface area contributed by atoms with Crippen LogP contribution < -0.4 is 10.1 Å². The number of nitrogens with zero attached hydrogens (tertiary/aromatic N) is 1. The molecule has 1 atom stereocenters. The molecule has 1 aliphatic carbocycles. The Morgan fingerprint density at radius 1 is 1.18 bits per heavy atom. The summed E-state index contributed by atoms with van der Waals surface area (Å²) in [5.41, 5.74) is 0.153. The van der Waals surface area contributed by atoms with Crippen LogP contribution in [0.15, 0.2) is 24.3 Å². The lowest BCUT2D eigenvalue weighted by molar-refractivity contribution is -0.140. The Kier molecular flexibility index (Phi) is 7.74. The summed E-state index contributed by atoms with van der Waals surface area (Å²) < 4.78 is 11.7. The quantitative estimate of drug-likeness (QED) is 0.627. The van der Waals surface area contributed by atoms with Gasteiger partial charge < -0.3 is 19.7 Å². The van der Waals surface area contributed by atoms with E-state index in [9.17, 15) is 4.79 Å². The molecule has 0 spiro atoms. The molecule has 28 heavy (non-hydrogen) atoms. The number of likely N-dealkylation sites (tertiary alicyclic amines) is 1. The number of piperidine rings is 1. The molecule has 1 N–H and O–H groups in total. The fraction of sp³-hybridized carbons (Fsp3) is 0.696. The summed E-state index contributed by atoms with van der Waals surface area (Å²) >= 11 is 0. The van der Waals surface area contributed by atoms with E-state index in [1.165, 1.54) is 25.8 Å². The number of hydrogen-bond acceptors (Lipinski definition) is 4. The van der Waals surface area contributed by atoms with Crippen LogP contribution in [0.5, 0.6) is 5.75 Å². The number of ether oxygens (including phenoxy) is 2. The normalized spacial score (nSPS) is 22.1. The fourth-order valence-corrected chi connectivity index (χ4v) is 4.49. The molecule has 1 saturated heterocycles. The summed E-state index contributed by atoms with van der Waals surface area (Å²) in [6.07, 6.45) is 8.77. The van der Waals surface area contributed by atoms with Crippen LogP contribution >= 0.6 is 0 Å². The van der Waals surface area contributed by atoms with E-state index < -0.39 is 5.60 Å². The minimum Gasteiger partial charge on any atom is -0.494 e. The monoisotopic (exact) mass is 388 g/mol. The van der Waals surface area contributed by atoms with E-state index in [2.05, 4.69) is 17.1 Å². The van der Waals surface area contributed by atoms with Crippen molar-refractivity contribution in [1.29, 1.82) is 0 Å². The van der Waals surface area contributed by atoms with Gasteiger partial charge in [-0.3, -0.25) is 4.79 Å². The predicted molar refractivity (Wildman–Crippen MR) is 113 cm³/mol. The van der Waals surface area contributed by atoms with Crippen molar-refractivity contribution in [3.05, 3.63) is 24.3 Å². The summed E-state index contributed by atoms with van der Waals surface area (Å²) in [4.78, 5) is 15.3. The molecular weight excluding hydrogens is 352 g/mol. The van der Waals surface area contributed by atoms with Gasteiger partial charge in [0.05, 0.1) is 6.61 Å². The van der Waals surface area contributed by atoms with Crippen molar-refractivity contribution in [2.75, 3.05) is 31.6 Å². The van der Waals surface area contributed by atoms with E-state index in [4.69, 9.17) is 9.47 Å². The highest BCUT2D eigenvalue weighted by molar-refractivity contribution is 5.97. The van der Waals surface area contributed by atoms with Gasteiger partial charge in [0.15, 0.2) is 0 Å². The molecule has 2 aliphatic rings. The molecule has 1 aromatic carbocycles. The molecule has 5 heteroatoms. The van der Waals surface area contributed by atoms with Crippen molar-refractivity contribution in [3.63, 3.8) is 0 Å². The van der Waals surface area contributed by atoms with Crippen LogP contribution in [0.25, 0.3) is 0 Å². The van der Waals surface area contributed by atoms with Crippen molar-refractivity contribution in [2.45, 2.75) is 76.9 Å². The van der Waals surface area contributed by atoms with E-state index in [1.54, 1.807) is 0 Å². The molecule has 0 bridgehead atoms. The smallest absolute Gasteiger partial charge is 0.256 e. The average molecular weight is 389 g/mol. The van der Waals surface area contributed by atoms with E-state index in [0.717, 1.165) is 56.7 Å². The van der Waals surface area contributed by atoms with Gasteiger partial charge in [-0.05, 0) is 89.6 Å². The number of anilines is 1. The summed E-state index contributed by atoms with van der Waals surface area (Å²) in [5.74, 6) is 0.834. The topological polar surface area (TPSA) is 50.8 Å². The Labute approximate surface area is 169 Å². The third-order valence-corrected chi connectivity index (χ3v) is 6.16. The molecule has 1 heterocycles. The first-order chi connectivity index (χ1) is 13.6. The minimum absolute atomic E-state index is 0.0174. The molecule has 2 fully saturated rings. The maximum atomic E-state index is 12.7. The van der Waals surface area contributed by atoms with E-state index in [-0.39, 0.29) is 5.91 Å². The highest BCUT2D eigenvalue weighted by Gasteiger charge is 2.41. The summed E-state index contributed by atoms with van der Waals surface area (Å²) in [5, 5.41) is 3.03. The van der Waals surface area contributed by atoms with Crippen LogP contribution in [0.4, 0.5) is 5.69 Å². The zero-order valence-corrected chi connectivity index (χ0v) is 17.5. The average Bonchev–Trinajstić information content (AvgIpc) is 3.18. The number of nitrogens with one attached hydrogen (secondary N) is 1. The van der Waals surface area contributed by atoms with Crippen molar-refractivity contribution >= 4 is 11.6 Å². The van der Waals surface area contributed by atoms with Gasteiger partial charge in [0.1, 0.15) is 11.4 Å². The Balaban J connectivity index is 1.42. The Morgan fingerprint density at radius 2 is 1.93 bits per heavy atom. The van der Waals surface area contributed by atoms with Gasteiger partial charge in [-0.25, -0.2) is 0 Å². The number of rotatable bonds is 9. The second-order valence-corrected chi connectivity index (χ2v) is 8.20. The van der Waals surface area contributed by atoms with Gasteiger partial charge in [0, 0.05) is 24.9 Å². The molecule has 1 unspecified atom stereocenters. The largest absolute Gasteiger partial charge is 0.494 e. The van der Waals surface area contributed by atoms with Gasteiger partial charge in [-0.1, -0.05) is 6.42 Å². The number of carbonyl (C=O) groups excluding carboxylic acids is 1. The lowest BCUT2D eigenvalue weighted by Gasteiger charge is -2.33. The summed E-state index contributed by atoms with van der Waals surface area (Å²) in [6, 6.07) is 8.39. The maximum absolute atomic E-state index is 12.7. The van der Waals surface area contributed by atoms with Gasteiger partial charge in [-0.2, -0.15) is 0 Å². The molecule has 3 rings (SSSR count). The third-order valence-electron chi connectivity index (χ3n) is 6.16. The Hall–Kier alpha value is -1.59. The van der Waals surface area contributed by atoms with Gasteiger partial charge in [0.2, 0.25) is 0 Å². The van der Waals surface area contributed by atoms with Crippen LogP contribution in [0.3, 0.4) is 0 Å². The first kappa shape index (κ1) is 21.1. The number of amides is 1. The van der Waals surface area contributed by atoms with Crippen LogP contribution in [0, 0.1) is 0 Å². The highest BCUT2D eigenvalue weighted by Crippen LogP contribution is 2.34. The molecule has 1 saturated carbocycles. The fourth-order valence-electron chi connectivity index (χ4n) is 4.49. The van der Waals surface area contributed by atoms with Crippen LogP contribution in [-0.2, 0) is 9.53 Å². The predicted octanol–water partition coefficient (Wildman–Crippen LogP) is 4.62. The maximum Gasteiger partial charge on any atom is 0.256 e. The lowest BCUT2D eigenvalue weighted by atomic mass is 10.0. The van der Waals surface area contributed by atoms with Crippen molar-refractivity contribution < 1.29 is 14.3 Å². The van der Waals surface area contributed by atoms with Gasteiger partial charge in [0.25, 0.3) is 5.91 Å². The molecule has 0 aromatic heterocycles. The van der Waals surface area contributed by atoms with Crippen molar-refractivity contribution in [3.8, 4) is 5.75 Å². The molecule has 5 nitrogen and oxygen atoms in total.